The third-order valence-electron chi connectivity index (χ3n) is 4.15. The highest BCUT2D eigenvalue weighted by Crippen LogP contribution is 2.38. The van der Waals surface area contributed by atoms with Crippen LogP contribution in [0.3, 0.4) is 0 Å². The quantitative estimate of drug-likeness (QED) is 0.823. The minimum absolute atomic E-state index is 0.0343. The highest BCUT2D eigenvalue weighted by atomic mass is 16.6. The molecule has 0 aromatic carbocycles. The van der Waals surface area contributed by atoms with Crippen LogP contribution in [0, 0.1) is 0 Å². The molecule has 2 aliphatic rings. The van der Waals surface area contributed by atoms with E-state index in [1.807, 2.05) is 0 Å². The molecule has 2 unspecified atom stereocenters. The third kappa shape index (κ3) is 3.21. The molecule has 2 fully saturated rings. The van der Waals surface area contributed by atoms with Crippen LogP contribution in [0.4, 0.5) is 0 Å². The fourth-order valence-electron chi connectivity index (χ4n) is 3.00. The summed E-state index contributed by atoms with van der Waals surface area (Å²) in [6.45, 7) is 8.17. The summed E-state index contributed by atoms with van der Waals surface area (Å²) in [6.07, 6.45) is 6.77. The SMILES string of the molecule is CC(C)NCC1COC2(CCCCC2)C(C)O1. The maximum atomic E-state index is 6.20. The Morgan fingerprint density at radius 1 is 1.24 bits per heavy atom. The van der Waals surface area contributed by atoms with Crippen molar-refractivity contribution in [1.29, 1.82) is 0 Å². The molecule has 100 valence electrons. The predicted molar refractivity (Wildman–Crippen MR) is 69.2 cm³/mol. The first kappa shape index (κ1) is 13.3. The van der Waals surface area contributed by atoms with Crippen molar-refractivity contribution in [3.8, 4) is 0 Å². The smallest absolute Gasteiger partial charge is 0.0941 e. The fourth-order valence-corrected chi connectivity index (χ4v) is 3.00. The molecule has 2 rings (SSSR count). The predicted octanol–water partition coefficient (Wildman–Crippen LogP) is 2.49. The Bertz CT molecular complexity index is 236. The normalized spacial score (nSPS) is 33.2. The molecule has 1 heterocycles. The Hall–Kier alpha value is -0.120. The van der Waals surface area contributed by atoms with E-state index >= 15 is 0 Å². The number of nitrogens with one attached hydrogen (secondary N) is 1. The van der Waals surface area contributed by atoms with Gasteiger partial charge in [-0.05, 0) is 19.8 Å². The number of ether oxygens (including phenoxy) is 2. The van der Waals surface area contributed by atoms with E-state index in [9.17, 15) is 0 Å². The largest absolute Gasteiger partial charge is 0.370 e. The lowest BCUT2D eigenvalue weighted by molar-refractivity contribution is -0.238. The van der Waals surface area contributed by atoms with Crippen molar-refractivity contribution in [2.75, 3.05) is 13.2 Å². The van der Waals surface area contributed by atoms with E-state index in [1.165, 1.54) is 32.1 Å². The topological polar surface area (TPSA) is 30.5 Å². The van der Waals surface area contributed by atoms with E-state index in [4.69, 9.17) is 9.47 Å². The first-order valence-corrected chi connectivity index (χ1v) is 7.15. The molecule has 0 amide bonds. The van der Waals surface area contributed by atoms with Crippen molar-refractivity contribution >= 4 is 0 Å². The van der Waals surface area contributed by atoms with E-state index in [-0.39, 0.29) is 17.8 Å². The van der Waals surface area contributed by atoms with E-state index in [0.29, 0.717) is 6.04 Å². The maximum absolute atomic E-state index is 6.20. The zero-order valence-corrected chi connectivity index (χ0v) is 11.5. The molecule has 0 aromatic heterocycles. The van der Waals surface area contributed by atoms with E-state index in [2.05, 4.69) is 26.1 Å². The monoisotopic (exact) mass is 241 g/mol. The molecule has 0 radical (unpaired) electrons. The Labute approximate surface area is 105 Å². The van der Waals surface area contributed by atoms with Crippen molar-refractivity contribution in [1.82, 2.24) is 5.32 Å². The molecule has 3 heteroatoms. The summed E-state index contributed by atoms with van der Waals surface area (Å²) < 4.78 is 12.3. The van der Waals surface area contributed by atoms with Gasteiger partial charge in [-0.25, -0.2) is 0 Å². The highest BCUT2D eigenvalue weighted by Gasteiger charge is 2.43. The summed E-state index contributed by atoms with van der Waals surface area (Å²) in [7, 11) is 0. The van der Waals surface area contributed by atoms with Crippen molar-refractivity contribution in [2.24, 2.45) is 0 Å². The minimum Gasteiger partial charge on any atom is -0.370 e. The summed E-state index contributed by atoms with van der Waals surface area (Å²) >= 11 is 0. The van der Waals surface area contributed by atoms with Gasteiger partial charge in [-0.2, -0.15) is 0 Å². The molecule has 1 N–H and O–H groups in total. The van der Waals surface area contributed by atoms with Crippen molar-refractivity contribution < 1.29 is 9.47 Å². The van der Waals surface area contributed by atoms with Gasteiger partial charge in [-0.1, -0.05) is 33.1 Å². The molecular formula is C14H27NO2. The van der Waals surface area contributed by atoms with Crippen LogP contribution < -0.4 is 5.32 Å². The fraction of sp³-hybridized carbons (Fsp3) is 1.00. The van der Waals surface area contributed by atoms with Crippen LogP contribution in [0.5, 0.6) is 0 Å². The van der Waals surface area contributed by atoms with Gasteiger partial charge in [-0.15, -0.1) is 0 Å². The molecule has 0 bridgehead atoms. The first-order valence-electron chi connectivity index (χ1n) is 7.15. The second-order valence-electron chi connectivity index (χ2n) is 5.90. The number of hydrogen-bond acceptors (Lipinski definition) is 3. The van der Waals surface area contributed by atoms with Gasteiger partial charge in [0.1, 0.15) is 0 Å². The number of hydrogen-bond donors (Lipinski definition) is 1. The van der Waals surface area contributed by atoms with Crippen molar-refractivity contribution in [3.63, 3.8) is 0 Å². The van der Waals surface area contributed by atoms with E-state index in [0.717, 1.165) is 13.2 Å². The van der Waals surface area contributed by atoms with E-state index in [1.54, 1.807) is 0 Å². The molecule has 1 saturated carbocycles. The van der Waals surface area contributed by atoms with Crippen LogP contribution >= 0.6 is 0 Å². The van der Waals surface area contributed by atoms with Gasteiger partial charge in [-0.3, -0.25) is 0 Å². The first-order chi connectivity index (χ1) is 8.12. The van der Waals surface area contributed by atoms with Gasteiger partial charge in [0.05, 0.1) is 24.4 Å². The molecular weight excluding hydrogens is 214 g/mol. The second kappa shape index (κ2) is 5.68. The third-order valence-corrected chi connectivity index (χ3v) is 4.15. The number of rotatable bonds is 3. The lowest BCUT2D eigenvalue weighted by Gasteiger charge is -2.47. The molecule has 17 heavy (non-hydrogen) atoms. The average molecular weight is 241 g/mol. The van der Waals surface area contributed by atoms with Gasteiger partial charge in [0.25, 0.3) is 0 Å². The van der Waals surface area contributed by atoms with Gasteiger partial charge in [0.2, 0.25) is 0 Å². The van der Waals surface area contributed by atoms with Gasteiger partial charge < -0.3 is 14.8 Å². The Balaban J connectivity index is 1.84. The van der Waals surface area contributed by atoms with Crippen LogP contribution in [0.2, 0.25) is 0 Å². The molecule has 0 aromatic rings. The standard InChI is InChI=1S/C14H27NO2/c1-11(2)15-9-13-10-16-14(12(3)17-13)7-5-4-6-8-14/h11-13,15H,4-10H2,1-3H3. The molecule has 1 aliphatic carbocycles. The van der Waals surface area contributed by atoms with Gasteiger partial charge in [0.15, 0.2) is 0 Å². The van der Waals surface area contributed by atoms with Crippen molar-refractivity contribution in [2.45, 2.75) is 76.7 Å². The minimum atomic E-state index is 0.0343. The van der Waals surface area contributed by atoms with Gasteiger partial charge in [0, 0.05) is 12.6 Å². The van der Waals surface area contributed by atoms with Crippen LogP contribution in [0.1, 0.15) is 52.9 Å². The summed E-state index contributed by atoms with van der Waals surface area (Å²) in [5.74, 6) is 0. The Morgan fingerprint density at radius 2 is 1.94 bits per heavy atom. The zero-order valence-electron chi connectivity index (χ0n) is 11.5. The average Bonchev–Trinajstić information content (AvgIpc) is 2.32. The molecule has 1 spiro atoms. The van der Waals surface area contributed by atoms with Crippen LogP contribution in [-0.2, 0) is 9.47 Å². The Morgan fingerprint density at radius 3 is 2.53 bits per heavy atom. The lowest BCUT2D eigenvalue weighted by Crippen LogP contribution is -2.55. The summed E-state index contributed by atoms with van der Waals surface area (Å²) in [6, 6.07) is 0.513. The Kier molecular flexibility index (Phi) is 4.45. The van der Waals surface area contributed by atoms with Crippen molar-refractivity contribution in [3.05, 3.63) is 0 Å². The maximum Gasteiger partial charge on any atom is 0.0941 e. The van der Waals surface area contributed by atoms with Crippen LogP contribution in [-0.4, -0.2) is 37.0 Å². The lowest BCUT2D eigenvalue weighted by atomic mass is 9.80. The zero-order chi connectivity index (χ0) is 12.3. The van der Waals surface area contributed by atoms with E-state index < -0.39 is 0 Å². The summed E-state index contributed by atoms with van der Waals surface area (Å²) in [5.41, 5.74) is 0.0343. The van der Waals surface area contributed by atoms with Gasteiger partial charge >= 0.3 is 0 Å². The summed E-state index contributed by atoms with van der Waals surface area (Å²) in [4.78, 5) is 0. The molecule has 3 nitrogen and oxygen atoms in total. The molecule has 1 aliphatic heterocycles. The van der Waals surface area contributed by atoms with Crippen LogP contribution in [0.25, 0.3) is 0 Å². The van der Waals surface area contributed by atoms with Crippen LogP contribution in [0.15, 0.2) is 0 Å². The second-order valence-corrected chi connectivity index (χ2v) is 5.90. The molecule has 2 atom stereocenters. The highest BCUT2D eigenvalue weighted by molar-refractivity contribution is 4.93. The summed E-state index contributed by atoms with van der Waals surface area (Å²) in [5, 5.41) is 3.42. The molecule has 1 saturated heterocycles.